The number of rotatable bonds is 10. The molecule has 38 heavy (non-hydrogen) atoms. The van der Waals surface area contributed by atoms with Crippen LogP contribution in [-0.2, 0) is 41.2 Å². The molecule has 0 aromatic carbocycles. The number of halogens is 2. The van der Waals surface area contributed by atoms with Gasteiger partial charge in [-0.3, -0.25) is 0 Å². The van der Waals surface area contributed by atoms with E-state index >= 15 is 0 Å². The summed E-state index contributed by atoms with van der Waals surface area (Å²) in [6.45, 7) is 19.8. The van der Waals surface area contributed by atoms with Gasteiger partial charge in [-0.05, 0) is 0 Å². The molecule has 0 amide bonds. The number of hydrogen-bond donors (Lipinski definition) is 0. The molecule has 0 unspecified atom stereocenters. The van der Waals surface area contributed by atoms with Gasteiger partial charge >= 0.3 is 243 Å². The minimum absolute atomic E-state index is 0. The van der Waals surface area contributed by atoms with E-state index in [4.69, 9.17) is 0 Å². The van der Waals surface area contributed by atoms with Crippen LogP contribution in [0.5, 0.6) is 0 Å². The van der Waals surface area contributed by atoms with Gasteiger partial charge in [0.25, 0.3) is 0 Å². The van der Waals surface area contributed by atoms with Crippen molar-refractivity contribution in [2.75, 3.05) is 0 Å². The van der Waals surface area contributed by atoms with Gasteiger partial charge in [-0.25, -0.2) is 0 Å². The second-order valence-corrected chi connectivity index (χ2v) is 64.6. The molecule has 0 fully saturated rings. The quantitative estimate of drug-likeness (QED) is 0.294. The molecule has 0 bridgehead atoms. The summed E-state index contributed by atoms with van der Waals surface area (Å²) >= 11 is -3.28. The monoisotopic (exact) mass is 920 g/mol. The molecule has 6 heteroatoms. The molecule has 0 atom stereocenters. The molecule has 4 aliphatic rings. The topological polar surface area (TPSA) is 0 Å². The van der Waals surface area contributed by atoms with Crippen LogP contribution in [0.25, 0.3) is 0 Å². The summed E-state index contributed by atoms with van der Waals surface area (Å²) < 4.78 is 7.87. The molecule has 0 heterocycles. The number of allylic oxidation sites excluding steroid dienone is 16. The SMILES string of the molecule is CCC1=[C]([Hf+]([C]2=C(CC)C=CC2)[SiH](C)C)CC=C1.CCC1=[C]([Hf+]([C]2=C(CC)C=CC2)[SiH](C)C)CC=C1.[Cl-].[Cl-]. The summed E-state index contributed by atoms with van der Waals surface area (Å²) in [5.41, 5.74) is 6.86. The first kappa shape index (κ1) is 36.7. The van der Waals surface area contributed by atoms with E-state index in [1.54, 1.807) is 22.3 Å². The molecule has 4 aliphatic carbocycles. The van der Waals surface area contributed by atoms with Crippen LogP contribution in [-0.4, -0.2) is 12.0 Å². The van der Waals surface area contributed by atoms with E-state index in [-0.39, 0.29) is 24.8 Å². The summed E-state index contributed by atoms with van der Waals surface area (Å²) in [5.74, 6) is -0.959. The van der Waals surface area contributed by atoms with Gasteiger partial charge in [0.15, 0.2) is 0 Å². The molecule has 0 aliphatic heterocycles. The Morgan fingerprint density at radius 1 is 0.474 bits per heavy atom. The fourth-order valence-electron chi connectivity index (χ4n) is 6.42. The van der Waals surface area contributed by atoms with Crippen molar-refractivity contribution in [2.24, 2.45) is 0 Å². The van der Waals surface area contributed by atoms with Crippen LogP contribution in [0.2, 0.25) is 26.2 Å². The Labute approximate surface area is 264 Å². The molecular formula is C32H50Cl2Hf2Si2. The molecule has 0 saturated heterocycles. The average Bonchev–Trinajstić information content (AvgIpc) is 3.66. The maximum atomic E-state index is 2.61. The van der Waals surface area contributed by atoms with Crippen LogP contribution in [0.3, 0.4) is 0 Å². The Hall–Kier alpha value is 0.674. The Morgan fingerprint density at radius 2 is 0.684 bits per heavy atom. The van der Waals surface area contributed by atoms with Gasteiger partial charge in [0, 0.05) is 0 Å². The molecule has 0 saturated carbocycles. The van der Waals surface area contributed by atoms with E-state index < -0.39 is 53.2 Å². The van der Waals surface area contributed by atoms with Gasteiger partial charge in [0.2, 0.25) is 0 Å². The molecule has 0 nitrogen and oxygen atoms in total. The fourth-order valence-corrected chi connectivity index (χ4v) is 65.4. The summed E-state index contributed by atoms with van der Waals surface area (Å²) in [6, 6.07) is 0. The van der Waals surface area contributed by atoms with Crippen LogP contribution < -0.4 is 24.8 Å². The molecule has 0 spiro atoms. The van der Waals surface area contributed by atoms with Crippen LogP contribution in [0.4, 0.5) is 0 Å². The van der Waals surface area contributed by atoms with Crippen LogP contribution in [0.15, 0.2) is 84.2 Å². The maximum Gasteiger partial charge on any atom is -1.00 e. The largest absolute Gasteiger partial charge is 1.00 e. The van der Waals surface area contributed by atoms with Crippen molar-refractivity contribution in [3.05, 3.63) is 84.2 Å². The van der Waals surface area contributed by atoms with E-state index in [0.29, 0.717) is 0 Å². The minimum atomic E-state index is -1.64. The summed E-state index contributed by atoms with van der Waals surface area (Å²) in [5, 5.41) is 0. The first-order valence-electron chi connectivity index (χ1n) is 14.7. The molecule has 0 aromatic heterocycles. The zero-order valence-corrected chi connectivity index (χ0v) is 36.2. The van der Waals surface area contributed by atoms with Gasteiger partial charge in [-0.15, -0.1) is 0 Å². The Kier molecular flexibility index (Phi) is 17.6. The summed E-state index contributed by atoms with van der Waals surface area (Å²) in [4.78, 5) is 0. The first-order chi connectivity index (χ1) is 17.4. The maximum absolute atomic E-state index is 2.61. The zero-order chi connectivity index (χ0) is 26.2. The number of hydrogen-bond acceptors (Lipinski definition) is 0. The third-order valence-corrected chi connectivity index (χ3v) is 63.6. The second kappa shape index (κ2) is 18.3. The van der Waals surface area contributed by atoms with Crippen molar-refractivity contribution in [1.29, 1.82) is 0 Å². The van der Waals surface area contributed by atoms with E-state index in [2.05, 4.69) is 102 Å². The fraction of sp³-hybridized carbons (Fsp3) is 0.500. The van der Waals surface area contributed by atoms with E-state index in [0.717, 1.165) is 0 Å². The second-order valence-electron chi connectivity index (χ2n) is 11.0. The zero-order valence-electron chi connectivity index (χ0n) is 25.2. The minimum Gasteiger partial charge on any atom is -1.00 e. The van der Waals surface area contributed by atoms with Gasteiger partial charge in [0.1, 0.15) is 0 Å². The Balaban J connectivity index is 0.000000361. The van der Waals surface area contributed by atoms with Crippen LogP contribution >= 0.6 is 0 Å². The predicted octanol–water partition coefficient (Wildman–Crippen LogP) is 3.68. The summed E-state index contributed by atoms with van der Waals surface area (Å²) in [6.07, 6.45) is 29.6. The van der Waals surface area contributed by atoms with E-state index in [9.17, 15) is 0 Å². The third-order valence-electron chi connectivity index (χ3n) is 8.09. The normalized spacial score (nSPS) is 17.7. The van der Waals surface area contributed by atoms with Gasteiger partial charge in [-0.2, -0.15) is 0 Å². The van der Waals surface area contributed by atoms with Gasteiger partial charge in [0.05, 0.1) is 0 Å². The molecule has 0 radical (unpaired) electrons. The predicted molar refractivity (Wildman–Crippen MR) is 162 cm³/mol. The third kappa shape index (κ3) is 8.84. The summed E-state index contributed by atoms with van der Waals surface area (Å²) in [7, 11) is 0. The standard InChI is InChI=1S/4C7H9.2C2H7Si.2ClH.2Hf/c4*1-2-7-5-3-4-6-7;2*1-3-2;;;;/h4*3,5H,2,4H2,1H3;2*3H,1-2H3;2*1H;;/q;;;;;;;;2*+1/p-2. The average molecular weight is 919 g/mol. The van der Waals surface area contributed by atoms with Crippen LogP contribution in [0.1, 0.15) is 79.1 Å². The smallest absolute Gasteiger partial charge is 1.00 e. The van der Waals surface area contributed by atoms with Gasteiger partial charge in [-0.1, -0.05) is 0 Å². The molecule has 0 N–H and O–H groups in total. The molecular weight excluding hydrogens is 868 g/mol. The molecule has 4 rings (SSSR count). The van der Waals surface area contributed by atoms with Crippen molar-refractivity contribution in [1.82, 2.24) is 0 Å². The van der Waals surface area contributed by atoms with Crippen molar-refractivity contribution < 1.29 is 66.0 Å². The van der Waals surface area contributed by atoms with Crippen molar-refractivity contribution >= 4 is 12.0 Å². The van der Waals surface area contributed by atoms with Crippen molar-refractivity contribution in [3.8, 4) is 0 Å². The Morgan fingerprint density at radius 3 is 0.842 bits per heavy atom. The van der Waals surface area contributed by atoms with E-state index in [1.807, 2.05) is 13.3 Å². The Bertz CT molecular complexity index is 895. The van der Waals surface area contributed by atoms with Crippen LogP contribution in [0, 0.1) is 0 Å². The van der Waals surface area contributed by atoms with Gasteiger partial charge < -0.3 is 24.8 Å². The first-order valence-corrected chi connectivity index (χ1v) is 40.1. The molecule has 0 aromatic rings. The van der Waals surface area contributed by atoms with Crippen molar-refractivity contribution in [2.45, 2.75) is 105 Å². The van der Waals surface area contributed by atoms with Crippen molar-refractivity contribution in [3.63, 3.8) is 0 Å². The molecule has 208 valence electrons. The van der Waals surface area contributed by atoms with E-state index in [1.165, 1.54) is 51.4 Å².